The van der Waals surface area contributed by atoms with Crippen LogP contribution in [0.3, 0.4) is 0 Å². The van der Waals surface area contributed by atoms with Crippen molar-refractivity contribution in [1.29, 1.82) is 0 Å². The smallest absolute Gasteiger partial charge is 0.317 e. The number of rotatable bonds is 1. The molecule has 0 saturated carbocycles. The van der Waals surface area contributed by atoms with Crippen molar-refractivity contribution in [3.8, 4) is 0 Å². The second kappa shape index (κ2) is 4.85. The van der Waals surface area contributed by atoms with Gasteiger partial charge >= 0.3 is 6.03 Å². The van der Waals surface area contributed by atoms with E-state index >= 15 is 0 Å². The Labute approximate surface area is 114 Å². The second-order valence-corrected chi connectivity index (χ2v) is 5.80. The average Bonchev–Trinajstić information content (AvgIpc) is 2.82. The number of nitrogens with one attached hydrogen (secondary N) is 2. The number of likely N-dealkylation sites (tertiary alicyclic amines) is 1. The third-order valence-electron chi connectivity index (χ3n) is 4.03. The first kappa shape index (κ1) is 12.5. The first-order valence-electron chi connectivity index (χ1n) is 7.02. The van der Waals surface area contributed by atoms with Crippen molar-refractivity contribution in [2.75, 3.05) is 13.1 Å². The molecule has 1 saturated heterocycles. The van der Waals surface area contributed by atoms with Crippen LogP contribution in [0, 0.1) is 0 Å². The summed E-state index contributed by atoms with van der Waals surface area (Å²) in [4.78, 5) is 14.0. The quantitative estimate of drug-likeness (QED) is 0.806. The maximum atomic E-state index is 12.1. The highest BCUT2D eigenvalue weighted by Gasteiger charge is 2.39. The van der Waals surface area contributed by atoms with Gasteiger partial charge in [-0.15, -0.1) is 0 Å². The molecule has 19 heavy (non-hydrogen) atoms. The molecular weight excluding hydrogens is 238 g/mol. The van der Waals surface area contributed by atoms with Gasteiger partial charge < -0.3 is 15.5 Å². The molecule has 0 aliphatic carbocycles. The summed E-state index contributed by atoms with van der Waals surface area (Å²) in [6, 6.07) is 9.20. The fourth-order valence-corrected chi connectivity index (χ4v) is 3.13. The lowest BCUT2D eigenvalue weighted by molar-refractivity contribution is 0.205. The van der Waals surface area contributed by atoms with Crippen LogP contribution in [0.5, 0.6) is 0 Å². The van der Waals surface area contributed by atoms with Gasteiger partial charge in [0.25, 0.3) is 0 Å². The zero-order chi connectivity index (χ0) is 13.4. The van der Waals surface area contributed by atoms with E-state index in [2.05, 4.69) is 34.9 Å². The molecule has 2 heterocycles. The van der Waals surface area contributed by atoms with Crippen LogP contribution in [0.15, 0.2) is 24.3 Å². The van der Waals surface area contributed by atoms with Crippen molar-refractivity contribution in [1.82, 2.24) is 15.5 Å². The van der Waals surface area contributed by atoms with Crippen molar-refractivity contribution < 1.29 is 4.79 Å². The SMILES string of the molecule is CC(C)NC(=O)N1C[C@H]2NCc3ccccc3[C@@H]2C1. The third-order valence-corrected chi connectivity index (χ3v) is 4.03. The summed E-state index contributed by atoms with van der Waals surface area (Å²) in [7, 11) is 0. The fourth-order valence-electron chi connectivity index (χ4n) is 3.13. The number of hydrogen-bond acceptors (Lipinski definition) is 2. The van der Waals surface area contributed by atoms with E-state index in [1.807, 2.05) is 18.7 Å². The minimum Gasteiger partial charge on any atom is -0.336 e. The zero-order valence-corrected chi connectivity index (χ0v) is 11.5. The van der Waals surface area contributed by atoms with Crippen molar-refractivity contribution in [2.24, 2.45) is 0 Å². The highest BCUT2D eigenvalue weighted by Crippen LogP contribution is 2.33. The van der Waals surface area contributed by atoms with Crippen molar-refractivity contribution in [2.45, 2.75) is 38.4 Å². The molecule has 0 unspecified atom stereocenters. The monoisotopic (exact) mass is 259 g/mol. The Kier molecular flexibility index (Phi) is 3.19. The Morgan fingerprint density at radius 2 is 2.16 bits per heavy atom. The van der Waals surface area contributed by atoms with Gasteiger partial charge in [-0.3, -0.25) is 0 Å². The summed E-state index contributed by atoms with van der Waals surface area (Å²) in [6.45, 7) is 6.52. The number of benzene rings is 1. The minimum absolute atomic E-state index is 0.0590. The summed E-state index contributed by atoms with van der Waals surface area (Å²) in [6.07, 6.45) is 0. The molecule has 2 aliphatic heterocycles. The van der Waals surface area contributed by atoms with Gasteiger partial charge in [0, 0.05) is 37.6 Å². The molecule has 3 rings (SSSR count). The maximum absolute atomic E-state index is 12.1. The molecule has 4 heteroatoms. The van der Waals surface area contributed by atoms with Gasteiger partial charge in [0.1, 0.15) is 0 Å². The van der Waals surface area contributed by atoms with Crippen LogP contribution in [0.4, 0.5) is 4.79 Å². The Balaban J connectivity index is 1.77. The van der Waals surface area contributed by atoms with E-state index in [4.69, 9.17) is 0 Å². The molecular formula is C15H21N3O. The van der Waals surface area contributed by atoms with Gasteiger partial charge in [0.15, 0.2) is 0 Å². The summed E-state index contributed by atoms with van der Waals surface area (Å²) in [5.74, 6) is 0.433. The lowest BCUT2D eigenvalue weighted by atomic mass is 9.87. The maximum Gasteiger partial charge on any atom is 0.317 e. The molecule has 2 atom stereocenters. The molecule has 1 aromatic rings. The van der Waals surface area contributed by atoms with Crippen LogP contribution in [-0.4, -0.2) is 36.1 Å². The Morgan fingerprint density at radius 1 is 1.37 bits per heavy atom. The predicted octanol–water partition coefficient (Wildman–Crippen LogP) is 1.68. The lowest BCUT2D eigenvalue weighted by Crippen LogP contribution is -2.43. The van der Waals surface area contributed by atoms with Crippen molar-refractivity contribution in [3.05, 3.63) is 35.4 Å². The fraction of sp³-hybridized carbons (Fsp3) is 0.533. The van der Waals surface area contributed by atoms with Crippen LogP contribution in [0.1, 0.15) is 30.9 Å². The summed E-state index contributed by atoms with van der Waals surface area (Å²) < 4.78 is 0. The first-order chi connectivity index (χ1) is 9.15. The standard InChI is InChI=1S/C15H21N3O/c1-10(2)17-15(19)18-8-13-12-6-4-3-5-11(12)7-16-14(13)9-18/h3-6,10,13-14,16H,7-9H2,1-2H3,(H,17,19)/t13-,14+/m0/s1. The molecule has 2 amide bonds. The second-order valence-electron chi connectivity index (χ2n) is 5.80. The van der Waals surface area contributed by atoms with E-state index in [9.17, 15) is 4.79 Å². The highest BCUT2D eigenvalue weighted by molar-refractivity contribution is 5.75. The number of hydrogen-bond donors (Lipinski definition) is 2. The summed E-state index contributed by atoms with van der Waals surface area (Å²) >= 11 is 0. The van der Waals surface area contributed by atoms with E-state index in [0.717, 1.165) is 19.6 Å². The van der Waals surface area contributed by atoms with Gasteiger partial charge in [-0.25, -0.2) is 4.79 Å². The molecule has 0 spiro atoms. The normalized spacial score (nSPS) is 25.1. The van der Waals surface area contributed by atoms with Gasteiger partial charge in [0.2, 0.25) is 0 Å². The number of amides is 2. The van der Waals surface area contributed by atoms with E-state index in [1.165, 1.54) is 11.1 Å². The molecule has 2 N–H and O–H groups in total. The molecule has 102 valence electrons. The molecule has 0 bridgehead atoms. The van der Waals surface area contributed by atoms with Gasteiger partial charge in [-0.2, -0.15) is 0 Å². The number of carbonyl (C=O) groups is 1. The Hall–Kier alpha value is -1.55. The van der Waals surface area contributed by atoms with E-state index in [1.54, 1.807) is 0 Å². The molecule has 4 nitrogen and oxygen atoms in total. The predicted molar refractivity (Wildman–Crippen MR) is 75.1 cm³/mol. The topological polar surface area (TPSA) is 44.4 Å². The highest BCUT2D eigenvalue weighted by atomic mass is 16.2. The molecule has 0 aromatic heterocycles. The van der Waals surface area contributed by atoms with E-state index < -0.39 is 0 Å². The summed E-state index contributed by atoms with van der Waals surface area (Å²) in [5, 5.41) is 6.53. The van der Waals surface area contributed by atoms with Gasteiger partial charge in [-0.05, 0) is 25.0 Å². The minimum atomic E-state index is 0.0590. The van der Waals surface area contributed by atoms with Crippen LogP contribution in [0.25, 0.3) is 0 Å². The third kappa shape index (κ3) is 2.32. The molecule has 1 fully saturated rings. The van der Waals surface area contributed by atoms with Gasteiger partial charge in [0.05, 0.1) is 0 Å². The molecule has 2 aliphatic rings. The van der Waals surface area contributed by atoms with Crippen molar-refractivity contribution >= 4 is 6.03 Å². The summed E-state index contributed by atoms with van der Waals surface area (Å²) in [5.41, 5.74) is 2.78. The Bertz CT molecular complexity index is 486. The van der Waals surface area contributed by atoms with Crippen molar-refractivity contribution in [3.63, 3.8) is 0 Å². The van der Waals surface area contributed by atoms with E-state index in [0.29, 0.717) is 12.0 Å². The van der Waals surface area contributed by atoms with Crippen LogP contribution in [-0.2, 0) is 6.54 Å². The van der Waals surface area contributed by atoms with Crippen LogP contribution in [0.2, 0.25) is 0 Å². The van der Waals surface area contributed by atoms with Gasteiger partial charge in [-0.1, -0.05) is 24.3 Å². The van der Waals surface area contributed by atoms with Crippen LogP contribution >= 0.6 is 0 Å². The number of carbonyl (C=O) groups excluding carboxylic acids is 1. The lowest BCUT2D eigenvalue weighted by Gasteiger charge is -2.28. The molecule has 1 aromatic carbocycles. The molecule has 0 radical (unpaired) electrons. The van der Waals surface area contributed by atoms with E-state index in [-0.39, 0.29) is 12.1 Å². The average molecular weight is 259 g/mol. The first-order valence-corrected chi connectivity index (χ1v) is 7.02. The number of urea groups is 1. The van der Waals surface area contributed by atoms with Crippen LogP contribution < -0.4 is 10.6 Å². The number of fused-ring (bicyclic) bond motifs is 3. The Morgan fingerprint density at radius 3 is 2.95 bits per heavy atom. The number of nitrogens with zero attached hydrogens (tertiary/aromatic N) is 1. The zero-order valence-electron chi connectivity index (χ0n) is 11.5. The largest absolute Gasteiger partial charge is 0.336 e.